The quantitative estimate of drug-likeness (QED) is 0.943. The molecule has 1 aromatic carbocycles. The normalized spacial score (nSPS) is 18.8. The molecule has 24 heavy (non-hydrogen) atoms. The van der Waals surface area contributed by atoms with Crippen LogP contribution in [0.5, 0.6) is 0 Å². The van der Waals surface area contributed by atoms with E-state index in [1.165, 1.54) is 27.7 Å². The van der Waals surface area contributed by atoms with Crippen molar-refractivity contribution in [2.75, 3.05) is 26.2 Å². The van der Waals surface area contributed by atoms with E-state index in [-0.39, 0.29) is 5.91 Å². The van der Waals surface area contributed by atoms with Crippen LogP contribution in [0.4, 0.5) is 0 Å². The SMILES string of the molecule is Cc1ccc2[nH]c3c(c2c1)CN(C(=O)CCN1CCCCO1)CC3. The zero-order valence-corrected chi connectivity index (χ0v) is 14.3. The minimum Gasteiger partial charge on any atom is -0.358 e. The molecule has 1 saturated heterocycles. The second-order valence-corrected chi connectivity index (χ2v) is 6.92. The van der Waals surface area contributed by atoms with Crippen LogP contribution in [0.1, 0.15) is 36.1 Å². The first-order chi connectivity index (χ1) is 11.7. The first-order valence-corrected chi connectivity index (χ1v) is 8.96. The average molecular weight is 327 g/mol. The van der Waals surface area contributed by atoms with Crippen molar-refractivity contribution in [3.63, 3.8) is 0 Å². The number of rotatable bonds is 3. The number of hydrogen-bond acceptors (Lipinski definition) is 3. The lowest BCUT2D eigenvalue weighted by molar-refractivity contribution is -0.182. The largest absolute Gasteiger partial charge is 0.358 e. The number of fused-ring (bicyclic) bond motifs is 3. The molecule has 0 spiro atoms. The molecular weight excluding hydrogens is 302 g/mol. The first-order valence-electron chi connectivity index (χ1n) is 8.96. The van der Waals surface area contributed by atoms with E-state index < -0.39 is 0 Å². The molecule has 1 N–H and O–H groups in total. The molecule has 1 fully saturated rings. The Morgan fingerprint density at radius 2 is 2.21 bits per heavy atom. The summed E-state index contributed by atoms with van der Waals surface area (Å²) in [5, 5.41) is 3.22. The molecule has 128 valence electrons. The third-order valence-corrected chi connectivity index (χ3v) is 5.13. The van der Waals surface area contributed by atoms with E-state index in [1.807, 2.05) is 9.96 Å². The van der Waals surface area contributed by atoms with Crippen LogP contribution in [-0.2, 0) is 22.6 Å². The van der Waals surface area contributed by atoms with Crippen LogP contribution in [0.2, 0.25) is 0 Å². The number of hydrogen-bond donors (Lipinski definition) is 1. The van der Waals surface area contributed by atoms with Gasteiger partial charge in [0.1, 0.15) is 0 Å². The minimum absolute atomic E-state index is 0.233. The number of carbonyl (C=O) groups excluding carboxylic acids is 1. The number of benzene rings is 1. The molecule has 0 unspecified atom stereocenters. The van der Waals surface area contributed by atoms with Crippen LogP contribution in [-0.4, -0.2) is 47.1 Å². The Morgan fingerprint density at radius 1 is 1.29 bits per heavy atom. The number of carbonyl (C=O) groups is 1. The van der Waals surface area contributed by atoms with Gasteiger partial charge in [0.25, 0.3) is 0 Å². The number of hydroxylamine groups is 2. The molecule has 2 aliphatic rings. The van der Waals surface area contributed by atoms with E-state index in [9.17, 15) is 4.79 Å². The highest BCUT2D eigenvalue weighted by molar-refractivity contribution is 5.86. The number of amides is 1. The third kappa shape index (κ3) is 3.06. The maximum atomic E-state index is 12.6. The number of nitrogens with zero attached hydrogens (tertiary/aromatic N) is 2. The van der Waals surface area contributed by atoms with E-state index in [0.717, 1.165) is 45.5 Å². The van der Waals surface area contributed by atoms with Crippen molar-refractivity contribution in [1.82, 2.24) is 14.9 Å². The fourth-order valence-electron chi connectivity index (χ4n) is 3.74. The molecule has 1 amide bonds. The summed E-state index contributed by atoms with van der Waals surface area (Å²) in [6.45, 7) is 6.07. The van der Waals surface area contributed by atoms with Gasteiger partial charge >= 0.3 is 0 Å². The van der Waals surface area contributed by atoms with Crippen molar-refractivity contribution in [3.8, 4) is 0 Å². The maximum absolute atomic E-state index is 12.6. The Bertz CT molecular complexity index is 746. The zero-order valence-electron chi connectivity index (χ0n) is 14.3. The van der Waals surface area contributed by atoms with Crippen LogP contribution in [0.3, 0.4) is 0 Å². The van der Waals surface area contributed by atoms with Gasteiger partial charge in [-0.05, 0) is 31.9 Å². The van der Waals surface area contributed by atoms with Gasteiger partial charge in [0, 0.05) is 61.2 Å². The smallest absolute Gasteiger partial charge is 0.224 e. The lowest BCUT2D eigenvalue weighted by Crippen LogP contribution is -2.39. The molecule has 2 aromatic rings. The molecule has 0 atom stereocenters. The molecule has 0 aliphatic carbocycles. The van der Waals surface area contributed by atoms with Crippen LogP contribution in [0.25, 0.3) is 10.9 Å². The van der Waals surface area contributed by atoms with Crippen molar-refractivity contribution < 1.29 is 9.63 Å². The standard InChI is InChI=1S/C19H25N3O2/c1-14-4-5-17-15(12-14)16-13-21(9-6-18(16)20-17)19(23)7-10-22-8-2-3-11-24-22/h4-5,12,20H,2-3,6-11,13H2,1H3. The van der Waals surface area contributed by atoms with E-state index in [2.05, 4.69) is 30.1 Å². The van der Waals surface area contributed by atoms with Crippen molar-refractivity contribution in [3.05, 3.63) is 35.0 Å². The molecule has 5 nitrogen and oxygen atoms in total. The van der Waals surface area contributed by atoms with E-state index in [1.54, 1.807) is 0 Å². The number of aromatic amines is 1. The Labute approximate surface area is 142 Å². The predicted molar refractivity (Wildman–Crippen MR) is 93.5 cm³/mol. The van der Waals surface area contributed by atoms with Gasteiger partial charge in [-0.25, -0.2) is 0 Å². The summed E-state index contributed by atoms with van der Waals surface area (Å²) in [4.78, 5) is 23.7. The molecule has 3 heterocycles. The second kappa shape index (κ2) is 6.57. The van der Waals surface area contributed by atoms with Crippen molar-refractivity contribution in [2.24, 2.45) is 0 Å². The van der Waals surface area contributed by atoms with Gasteiger partial charge in [0.15, 0.2) is 0 Å². The third-order valence-electron chi connectivity index (χ3n) is 5.13. The van der Waals surface area contributed by atoms with Gasteiger partial charge in [0.2, 0.25) is 5.91 Å². The number of aryl methyl sites for hydroxylation is 1. The Hall–Kier alpha value is -1.85. The summed E-state index contributed by atoms with van der Waals surface area (Å²) in [7, 11) is 0. The molecule has 1 aromatic heterocycles. The monoisotopic (exact) mass is 327 g/mol. The molecule has 4 rings (SSSR count). The highest BCUT2D eigenvalue weighted by atomic mass is 16.7. The minimum atomic E-state index is 0.233. The Balaban J connectivity index is 1.44. The number of H-pyrrole nitrogens is 1. The zero-order chi connectivity index (χ0) is 16.5. The molecule has 5 heteroatoms. The molecular formula is C19H25N3O2. The van der Waals surface area contributed by atoms with Gasteiger partial charge < -0.3 is 9.88 Å². The summed E-state index contributed by atoms with van der Waals surface area (Å²) >= 11 is 0. The average Bonchev–Trinajstić information content (AvgIpc) is 2.97. The highest BCUT2D eigenvalue weighted by Gasteiger charge is 2.24. The second-order valence-electron chi connectivity index (χ2n) is 6.92. The lowest BCUT2D eigenvalue weighted by Gasteiger charge is -2.29. The Kier molecular flexibility index (Phi) is 4.29. The van der Waals surface area contributed by atoms with Gasteiger partial charge in [-0.1, -0.05) is 11.6 Å². The first kappa shape index (κ1) is 15.7. The molecule has 0 saturated carbocycles. The highest BCUT2D eigenvalue weighted by Crippen LogP contribution is 2.28. The van der Waals surface area contributed by atoms with Crippen molar-refractivity contribution in [1.29, 1.82) is 0 Å². The fraction of sp³-hybridized carbons (Fsp3) is 0.526. The molecule has 0 radical (unpaired) electrons. The topological polar surface area (TPSA) is 48.6 Å². The van der Waals surface area contributed by atoms with Gasteiger partial charge in [-0.15, -0.1) is 0 Å². The van der Waals surface area contributed by atoms with Crippen molar-refractivity contribution >= 4 is 16.8 Å². The van der Waals surface area contributed by atoms with E-state index in [4.69, 9.17) is 4.84 Å². The van der Waals surface area contributed by atoms with Crippen LogP contribution < -0.4 is 0 Å². The van der Waals surface area contributed by atoms with Gasteiger partial charge in [-0.2, -0.15) is 5.06 Å². The summed E-state index contributed by atoms with van der Waals surface area (Å²) in [6, 6.07) is 6.49. The molecule has 0 bridgehead atoms. The number of aromatic nitrogens is 1. The van der Waals surface area contributed by atoms with Crippen molar-refractivity contribution in [2.45, 2.75) is 39.2 Å². The summed E-state index contributed by atoms with van der Waals surface area (Å²) in [5.74, 6) is 0.233. The molecule has 2 aliphatic heterocycles. The van der Waals surface area contributed by atoms with Crippen LogP contribution >= 0.6 is 0 Å². The van der Waals surface area contributed by atoms with Gasteiger partial charge in [0.05, 0.1) is 6.61 Å². The van der Waals surface area contributed by atoms with Crippen LogP contribution in [0, 0.1) is 6.92 Å². The summed E-state index contributed by atoms with van der Waals surface area (Å²) in [6.07, 6.45) is 3.74. The summed E-state index contributed by atoms with van der Waals surface area (Å²) < 4.78 is 0. The van der Waals surface area contributed by atoms with E-state index >= 15 is 0 Å². The van der Waals surface area contributed by atoms with Gasteiger partial charge in [-0.3, -0.25) is 9.63 Å². The number of nitrogens with one attached hydrogen (secondary N) is 1. The maximum Gasteiger partial charge on any atom is 0.224 e. The Morgan fingerprint density at radius 3 is 3.04 bits per heavy atom. The van der Waals surface area contributed by atoms with E-state index in [0.29, 0.717) is 13.0 Å². The summed E-state index contributed by atoms with van der Waals surface area (Å²) in [5.41, 5.74) is 5.03. The lowest BCUT2D eigenvalue weighted by atomic mass is 10.0. The van der Waals surface area contributed by atoms with Crippen LogP contribution in [0.15, 0.2) is 18.2 Å². The predicted octanol–water partition coefficient (Wildman–Crippen LogP) is 2.78. The fourth-order valence-corrected chi connectivity index (χ4v) is 3.74.